The lowest BCUT2D eigenvalue weighted by Gasteiger charge is -2.08. The molecule has 4 aromatic carbocycles. The number of rotatable bonds is 6. The molecule has 5 rings (SSSR count). The lowest BCUT2D eigenvalue weighted by atomic mass is 9.96. The predicted molar refractivity (Wildman–Crippen MR) is 133 cm³/mol. The van der Waals surface area contributed by atoms with E-state index in [0.717, 1.165) is 22.3 Å². The summed E-state index contributed by atoms with van der Waals surface area (Å²) in [7, 11) is 0. The second kappa shape index (κ2) is 9.15. The van der Waals surface area contributed by atoms with Gasteiger partial charge in [-0.05, 0) is 22.3 Å². The molecule has 0 unspecified atom stereocenters. The Morgan fingerprint density at radius 3 is 1.55 bits per heavy atom. The van der Waals surface area contributed by atoms with E-state index in [1.807, 2.05) is 97.1 Å². The van der Waals surface area contributed by atoms with Crippen LogP contribution in [-0.2, 0) is 0 Å². The van der Waals surface area contributed by atoms with E-state index in [2.05, 4.69) is 4.98 Å². The molecule has 0 aliphatic carbocycles. The quantitative estimate of drug-likeness (QED) is 0.266. The normalized spacial score (nSPS) is 10.7. The van der Waals surface area contributed by atoms with E-state index in [-0.39, 0.29) is 17.3 Å². The lowest BCUT2D eigenvalue weighted by Crippen LogP contribution is -2.07. The van der Waals surface area contributed by atoms with Crippen LogP contribution < -0.4 is 0 Å². The summed E-state index contributed by atoms with van der Waals surface area (Å²) in [6.45, 7) is 0. The Kier molecular flexibility index (Phi) is 5.75. The zero-order valence-corrected chi connectivity index (χ0v) is 18.5. The molecule has 0 amide bonds. The zero-order valence-electron chi connectivity index (χ0n) is 17.6. The summed E-state index contributed by atoms with van der Waals surface area (Å²) in [6.07, 6.45) is 0. The fourth-order valence-corrected chi connectivity index (χ4v) is 4.59. The van der Waals surface area contributed by atoms with Gasteiger partial charge in [0.1, 0.15) is 5.69 Å². The number of thiazole rings is 1. The van der Waals surface area contributed by atoms with Crippen LogP contribution in [0.4, 0.5) is 0 Å². The number of hydrogen-bond acceptors (Lipinski definition) is 4. The van der Waals surface area contributed by atoms with Crippen molar-refractivity contribution in [3.05, 3.63) is 136 Å². The Bertz CT molecular complexity index is 1330. The first-order chi connectivity index (χ1) is 16.2. The Hall–Kier alpha value is -4.15. The van der Waals surface area contributed by atoms with Crippen LogP contribution >= 0.6 is 11.3 Å². The summed E-state index contributed by atoms with van der Waals surface area (Å²) >= 11 is 1.20. The van der Waals surface area contributed by atoms with Gasteiger partial charge in [-0.1, -0.05) is 109 Å². The number of aromatic nitrogens is 1. The van der Waals surface area contributed by atoms with E-state index in [1.165, 1.54) is 11.3 Å². The van der Waals surface area contributed by atoms with Gasteiger partial charge < -0.3 is 0 Å². The maximum absolute atomic E-state index is 13.3. The van der Waals surface area contributed by atoms with Crippen LogP contribution in [0.5, 0.6) is 0 Å². The largest absolute Gasteiger partial charge is 0.287 e. The molecule has 3 nitrogen and oxygen atoms in total. The number of ketones is 2. The number of hydrogen-bond donors (Lipinski definition) is 0. The first-order valence-electron chi connectivity index (χ1n) is 10.6. The average Bonchev–Trinajstić information content (AvgIpc) is 3.39. The van der Waals surface area contributed by atoms with Crippen LogP contribution in [-0.4, -0.2) is 16.6 Å². The van der Waals surface area contributed by atoms with Crippen molar-refractivity contribution < 1.29 is 9.59 Å². The molecule has 0 aliphatic heterocycles. The summed E-state index contributed by atoms with van der Waals surface area (Å²) in [5, 5.41) is 1.97. The molecule has 0 spiro atoms. The number of carbonyl (C=O) groups is 2. The molecule has 5 aromatic rings. The van der Waals surface area contributed by atoms with Crippen LogP contribution in [0, 0.1) is 0 Å². The van der Waals surface area contributed by atoms with Gasteiger partial charge in [0.25, 0.3) is 0 Å². The zero-order chi connectivity index (χ0) is 22.6. The third kappa shape index (κ3) is 4.16. The second-order valence-corrected chi connectivity index (χ2v) is 8.38. The number of nitrogens with zero attached hydrogens (tertiary/aromatic N) is 1. The highest BCUT2D eigenvalue weighted by molar-refractivity contribution is 7.12. The molecule has 1 heterocycles. The van der Waals surface area contributed by atoms with Crippen molar-refractivity contribution in [3.8, 4) is 22.3 Å². The first kappa shape index (κ1) is 20.7. The molecular formula is C29H19NO2S. The van der Waals surface area contributed by atoms with Crippen molar-refractivity contribution in [3.63, 3.8) is 0 Å². The third-order valence-corrected chi connectivity index (χ3v) is 6.29. The maximum atomic E-state index is 13.3. The van der Waals surface area contributed by atoms with Gasteiger partial charge in [-0.25, -0.2) is 4.98 Å². The molecule has 33 heavy (non-hydrogen) atoms. The van der Waals surface area contributed by atoms with E-state index < -0.39 is 0 Å². The topological polar surface area (TPSA) is 47.0 Å². The van der Waals surface area contributed by atoms with Crippen molar-refractivity contribution in [1.29, 1.82) is 0 Å². The summed E-state index contributed by atoms with van der Waals surface area (Å²) in [5.74, 6) is -0.379. The molecule has 0 aliphatic rings. The molecule has 0 fully saturated rings. The average molecular weight is 446 g/mol. The Morgan fingerprint density at radius 1 is 0.545 bits per heavy atom. The smallest absolute Gasteiger partial charge is 0.222 e. The van der Waals surface area contributed by atoms with Crippen molar-refractivity contribution in [2.24, 2.45) is 0 Å². The van der Waals surface area contributed by atoms with Crippen molar-refractivity contribution >= 4 is 22.9 Å². The summed E-state index contributed by atoms with van der Waals surface area (Å²) < 4.78 is 0. The van der Waals surface area contributed by atoms with Crippen LogP contribution in [0.3, 0.4) is 0 Å². The molecule has 0 saturated carbocycles. The first-order valence-corrected chi connectivity index (χ1v) is 11.4. The van der Waals surface area contributed by atoms with Crippen LogP contribution in [0.2, 0.25) is 0 Å². The summed E-state index contributed by atoms with van der Waals surface area (Å²) in [5.41, 5.74) is 5.04. The van der Waals surface area contributed by atoms with Gasteiger partial charge in [0.2, 0.25) is 11.6 Å². The van der Waals surface area contributed by atoms with E-state index in [0.29, 0.717) is 16.1 Å². The van der Waals surface area contributed by atoms with Crippen LogP contribution in [0.25, 0.3) is 22.3 Å². The molecular weight excluding hydrogens is 426 g/mol. The highest BCUT2D eigenvalue weighted by atomic mass is 32.1. The van der Waals surface area contributed by atoms with E-state index in [9.17, 15) is 9.59 Å². The SMILES string of the molecule is O=C(c1csc(C(=O)c2ccccc2-c2ccccc2)n1)c1ccccc1-c1ccccc1. The summed E-state index contributed by atoms with van der Waals surface area (Å²) in [6, 6.07) is 34.5. The minimum atomic E-state index is -0.193. The number of carbonyl (C=O) groups excluding carboxylic acids is 2. The van der Waals surface area contributed by atoms with E-state index in [1.54, 1.807) is 17.5 Å². The molecule has 0 saturated heterocycles. The second-order valence-electron chi connectivity index (χ2n) is 7.52. The van der Waals surface area contributed by atoms with E-state index in [4.69, 9.17) is 0 Å². The van der Waals surface area contributed by atoms with Gasteiger partial charge in [0, 0.05) is 16.5 Å². The van der Waals surface area contributed by atoms with Crippen molar-refractivity contribution in [2.75, 3.05) is 0 Å². The third-order valence-electron chi connectivity index (χ3n) is 5.44. The Morgan fingerprint density at radius 2 is 1.00 bits per heavy atom. The van der Waals surface area contributed by atoms with Crippen LogP contribution in [0.15, 0.2) is 115 Å². The molecule has 1 aromatic heterocycles. The monoisotopic (exact) mass is 445 g/mol. The maximum Gasteiger partial charge on any atom is 0.222 e. The van der Waals surface area contributed by atoms with Gasteiger partial charge in [-0.3, -0.25) is 9.59 Å². The highest BCUT2D eigenvalue weighted by Gasteiger charge is 2.22. The van der Waals surface area contributed by atoms with Gasteiger partial charge >= 0.3 is 0 Å². The molecule has 0 N–H and O–H groups in total. The highest BCUT2D eigenvalue weighted by Crippen LogP contribution is 2.29. The fraction of sp³-hybridized carbons (Fsp3) is 0. The van der Waals surface area contributed by atoms with Gasteiger partial charge in [-0.2, -0.15) is 0 Å². The Balaban J connectivity index is 1.49. The number of benzene rings is 4. The minimum Gasteiger partial charge on any atom is -0.287 e. The molecule has 0 bridgehead atoms. The lowest BCUT2D eigenvalue weighted by molar-refractivity contribution is 0.103. The molecule has 4 heteroatoms. The molecule has 0 atom stereocenters. The standard InChI is InChI=1S/C29H19NO2S/c31-27(24-17-9-7-15-22(24)20-11-3-1-4-12-20)26-19-33-29(30-26)28(32)25-18-10-8-16-23(25)21-13-5-2-6-14-21/h1-19H. The molecule has 0 radical (unpaired) electrons. The van der Waals surface area contributed by atoms with Crippen LogP contribution in [0.1, 0.15) is 31.4 Å². The Labute approximate surface area is 196 Å². The minimum absolute atomic E-state index is 0.185. The van der Waals surface area contributed by atoms with Gasteiger partial charge in [0.15, 0.2) is 5.01 Å². The predicted octanol–water partition coefficient (Wildman–Crippen LogP) is 6.94. The van der Waals surface area contributed by atoms with Crippen molar-refractivity contribution in [2.45, 2.75) is 0 Å². The fourth-order valence-electron chi connectivity index (χ4n) is 3.84. The molecule has 158 valence electrons. The summed E-state index contributed by atoms with van der Waals surface area (Å²) in [4.78, 5) is 31.1. The van der Waals surface area contributed by atoms with E-state index >= 15 is 0 Å². The van der Waals surface area contributed by atoms with Gasteiger partial charge in [-0.15, -0.1) is 11.3 Å². The van der Waals surface area contributed by atoms with Crippen molar-refractivity contribution in [1.82, 2.24) is 4.98 Å². The van der Waals surface area contributed by atoms with Gasteiger partial charge in [0.05, 0.1) is 0 Å².